The lowest BCUT2D eigenvalue weighted by atomic mass is 10.5. The Hall–Kier alpha value is -1.66. The molecular formula is C10H13N7O2S3. The fraction of sp³-hybridized carbons (Fsp3) is 0.400. The minimum atomic E-state index is -0.572. The molecule has 2 aromatic heterocycles. The van der Waals surface area contributed by atoms with E-state index in [-0.39, 0.29) is 10.8 Å². The molecule has 118 valence electrons. The van der Waals surface area contributed by atoms with Crippen LogP contribution >= 0.6 is 35.7 Å². The SMILES string of the molecule is CSc1nc(O)c(N=Nc2nnc(N(C)CCS)s2)c(=O)[nH]1. The highest BCUT2D eigenvalue weighted by molar-refractivity contribution is 7.98. The monoisotopic (exact) mass is 359 g/mol. The van der Waals surface area contributed by atoms with Crippen LogP contribution in [0.5, 0.6) is 5.88 Å². The largest absolute Gasteiger partial charge is 0.491 e. The smallest absolute Gasteiger partial charge is 0.283 e. The van der Waals surface area contributed by atoms with Gasteiger partial charge in [0.25, 0.3) is 10.7 Å². The van der Waals surface area contributed by atoms with Gasteiger partial charge in [0.15, 0.2) is 5.16 Å². The summed E-state index contributed by atoms with van der Waals surface area (Å²) in [6.45, 7) is 0.718. The Bertz CT molecular complexity index is 730. The fourth-order valence-corrected chi connectivity index (χ4v) is 2.69. The Balaban J connectivity index is 2.21. The van der Waals surface area contributed by atoms with Crippen LogP contribution in [0.2, 0.25) is 0 Å². The van der Waals surface area contributed by atoms with Gasteiger partial charge in [-0.1, -0.05) is 23.1 Å². The van der Waals surface area contributed by atoms with E-state index in [2.05, 4.69) is 43.0 Å². The van der Waals surface area contributed by atoms with Crippen LogP contribution in [0.15, 0.2) is 20.2 Å². The Morgan fingerprint density at radius 1 is 1.45 bits per heavy atom. The van der Waals surface area contributed by atoms with E-state index < -0.39 is 11.4 Å². The lowest BCUT2D eigenvalue weighted by molar-refractivity contribution is 0.445. The average Bonchev–Trinajstić information content (AvgIpc) is 2.95. The molecule has 0 amide bonds. The summed E-state index contributed by atoms with van der Waals surface area (Å²) in [6.07, 6.45) is 1.73. The van der Waals surface area contributed by atoms with Crippen molar-refractivity contribution in [3.8, 4) is 5.88 Å². The highest BCUT2D eigenvalue weighted by Crippen LogP contribution is 2.28. The van der Waals surface area contributed by atoms with Gasteiger partial charge >= 0.3 is 0 Å². The van der Waals surface area contributed by atoms with Crippen LogP contribution in [0.4, 0.5) is 16.0 Å². The first-order valence-electron chi connectivity index (χ1n) is 5.99. The van der Waals surface area contributed by atoms with Crippen LogP contribution in [0, 0.1) is 0 Å². The van der Waals surface area contributed by atoms with Crippen molar-refractivity contribution < 1.29 is 5.11 Å². The van der Waals surface area contributed by atoms with Crippen LogP contribution in [0.3, 0.4) is 0 Å². The molecule has 0 aliphatic heterocycles. The van der Waals surface area contributed by atoms with Crippen LogP contribution in [-0.4, -0.2) is 50.9 Å². The molecule has 2 aromatic rings. The molecule has 0 radical (unpaired) electrons. The molecule has 2 N–H and O–H groups in total. The molecule has 0 saturated heterocycles. The van der Waals surface area contributed by atoms with E-state index in [1.165, 1.54) is 23.1 Å². The van der Waals surface area contributed by atoms with Crippen LogP contribution in [0.25, 0.3) is 0 Å². The normalized spacial score (nSPS) is 11.2. The summed E-state index contributed by atoms with van der Waals surface area (Å²) in [5, 5.41) is 26.3. The average molecular weight is 359 g/mol. The summed E-state index contributed by atoms with van der Waals surface area (Å²) < 4.78 is 0. The number of anilines is 1. The molecule has 0 unspecified atom stereocenters. The van der Waals surface area contributed by atoms with Crippen molar-refractivity contribution in [1.29, 1.82) is 0 Å². The van der Waals surface area contributed by atoms with Gasteiger partial charge in [-0.2, -0.15) is 17.6 Å². The summed E-state index contributed by atoms with van der Waals surface area (Å²) in [6, 6.07) is 0. The van der Waals surface area contributed by atoms with Gasteiger partial charge in [-0.15, -0.1) is 20.4 Å². The second kappa shape index (κ2) is 7.56. The quantitative estimate of drug-likeness (QED) is 0.311. The van der Waals surface area contributed by atoms with Crippen molar-refractivity contribution >= 4 is 51.7 Å². The molecule has 0 aliphatic rings. The van der Waals surface area contributed by atoms with Crippen molar-refractivity contribution in [3.63, 3.8) is 0 Å². The Morgan fingerprint density at radius 3 is 2.86 bits per heavy atom. The number of azo groups is 1. The number of nitrogens with one attached hydrogen (secondary N) is 1. The fourth-order valence-electron chi connectivity index (χ4n) is 1.36. The summed E-state index contributed by atoms with van der Waals surface area (Å²) in [5.41, 5.74) is -0.837. The number of thioether (sulfide) groups is 1. The van der Waals surface area contributed by atoms with E-state index in [1.807, 2.05) is 11.9 Å². The highest BCUT2D eigenvalue weighted by Gasteiger charge is 2.11. The number of aromatic hydroxyl groups is 1. The van der Waals surface area contributed by atoms with E-state index in [1.54, 1.807) is 6.26 Å². The molecule has 0 bridgehead atoms. The zero-order valence-electron chi connectivity index (χ0n) is 11.7. The molecule has 22 heavy (non-hydrogen) atoms. The third-order valence-electron chi connectivity index (χ3n) is 2.45. The van der Waals surface area contributed by atoms with Gasteiger partial charge in [-0.3, -0.25) is 9.78 Å². The molecule has 2 heterocycles. The van der Waals surface area contributed by atoms with Crippen LogP contribution in [0.1, 0.15) is 0 Å². The number of aromatic nitrogens is 4. The summed E-state index contributed by atoms with van der Waals surface area (Å²) in [5.74, 6) is 0.206. The number of aromatic amines is 1. The topological polar surface area (TPSA) is 120 Å². The maximum atomic E-state index is 11.8. The van der Waals surface area contributed by atoms with Crippen molar-refractivity contribution in [3.05, 3.63) is 10.4 Å². The van der Waals surface area contributed by atoms with E-state index in [0.717, 1.165) is 6.54 Å². The molecule has 0 fully saturated rings. The first kappa shape index (κ1) is 16.7. The lowest BCUT2D eigenvalue weighted by Gasteiger charge is -2.11. The summed E-state index contributed by atoms with van der Waals surface area (Å²) in [4.78, 5) is 19.9. The number of hydrogen-bond donors (Lipinski definition) is 3. The predicted molar refractivity (Wildman–Crippen MR) is 89.5 cm³/mol. The van der Waals surface area contributed by atoms with Crippen molar-refractivity contribution in [1.82, 2.24) is 20.2 Å². The van der Waals surface area contributed by atoms with Crippen LogP contribution < -0.4 is 10.5 Å². The first-order chi connectivity index (χ1) is 10.5. The van der Waals surface area contributed by atoms with E-state index in [9.17, 15) is 9.90 Å². The minimum absolute atomic E-state index is 0.265. The Kier molecular flexibility index (Phi) is 5.74. The second-order valence-electron chi connectivity index (χ2n) is 3.96. The predicted octanol–water partition coefficient (Wildman–Crippen LogP) is 1.83. The molecule has 9 nitrogen and oxygen atoms in total. The molecule has 0 aliphatic carbocycles. The molecule has 0 saturated carbocycles. The van der Waals surface area contributed by atoms with E-state index >= 15 is 0 Å². The van der Waals surface area contributed by atoms with Gasteiger partial charge in [-0.25, -0.2) is 0 Å². The van der Waals surface area contributed by atoms with E-state index in [4.69, 9.17) is 0 Å². The zero-order chi connectivity index (χ0) is 16.1. The molecule has 0 atom stereocenters. The summed E-state index contributed by atoms with van der Waals surface area (Å²) in [7, 11) is 1.86. The van der Waals surface area contributed by atoms with Gasteiger partial charge in [-0.05, 0) is 6.26 Å². The maximum Gasteiger partial charge on any atom is 0.283 e. The van der Waals surface area contributed by atoms with Gasteiger partial charge in [0.1, 0.15) is 0 Å². The van der Waals surface area contributed by atoms with Gasteiger partial charge in [0.2, 0.25) is 16.7 Å². The van der Waals surface area contributed by atoms with E-state index in [0.29, 0.717) is 16.0 Å². The lowest BCUT2D eigenvalue weighted by Crippen LogP contribution is -2.19. The second-order valence-corrected chi connectivity index (χ2v) is 6.14. The van der Waals surface area contributed by atoms with Gasteiger partial charge < -0.3 is 10.0 Å². The zero-order valence-corrected chi connectivity index (χ0v) is 14.2. The third kappa shape index (κ3) is 3.96. The number of hydrogen-bond acceptors (Lipinski definition) is 11. The maximum absolute atomic E-state index is 11.8. The molecule has 0 aromatic carbocycles. The van der Waals surface area contributed by atoms with Gasteiger partial charge in [0.05, 0.1) is 0 Å². The number of H-pyrrole nitrogens is 1. The first-order valence-corrected chi connectivity index (χ1v) is 8.67. The third-order valence-corrected chi connectivity index (χ3v) is 4.15. The summed E-state index contributed by atoms with van der Waals surface area (Å²) >= 11 is 6.55. The Labute approximate surface area is 139 Å². The number of nitrogens with zero attached hydrogens (tertiary/aromatic N) is 6. The number of rotatable bonds is 6. The Morgan fingerprint density at radius 2 is 2.23 bits per heavy atom. The van der Waals surface area contributed by atoms with Gasteiger partial charge in [0, 0.05) is 19.3 Å². The van der Waals surface area contributed by atoms with Crippen LogP contribution in [-0.2, 0) is 0 Å². The minimum Gasteiger partial charge on any atom is -0.491 e. The van der Waals surface area contributed by atoms with Crippen molar-refractivity contribution in [2.45, 2.75) is 5.16 Å². The highest BCUT2D eigenvalue weighted by atomic mass is 32.2. The van der Waals surface area contributed by atoms with Crippen molar-refractivity contribution in [2.24, 2.45) is 10.2 Å². The number of thiol groups is 1. The standard InChI is InChI=1S/C10H13N7O2S3/c1-17(3-4-20)10-16-15-9(22-10)14-13-5-6(18)11-8(21-2)12-7(5)19/h20H,3-4H2,1-2H3,(H2,11,12,18,19). The molecule has 0 spiro atoms. The molecule has 2 rings (SSSR count). The van der Waals surface area contributed by atoms with Crippen molar-refractivity contribution in [2.75, 3.05) is 30.5 Å². The molecular weight excluding hydrogens is 346 g/mol. The molecule has 12 heteroatoms.